The molecule has 0 saturated heterocycles. The number of rotatable bonds is 2. The standard InChI is InChI=1S/C11H13ClN2O/c1-7-6-13-11(14-7)8-3-4-10(15-2)9(12)5-8/h3-5,7H,6H2,1-2H3,(H,13,14). The number of nitrogens with zero attached hydrogens (tertiary/aromatic N) is 1. The van der Waals surface area contributed by atoms with Gasteiger partial charge in [-0.05, 0) is 25.1 Å². The normalized spacial score (nSPS) is 19.7. The topological polar surface area (TPSA) is 33.6 Å². The van der Waals surface area contributed by atoms with Crippen molar-refractivity contribution >= 4 is 17.4 Å². The van der Waals surface area contributed by atoms with E-state index in [4.69, 9.17) is 16.3 Å². The third-order valence-electron chi connectivity index (χ3n) is 2.33. The van der Waals surface area contributed by atoms with E-state index in [1.165, 1.54) is 0 Å². The van der Waals surface area contributed by atoms with Crippen LogP contribution >= 0.6 is 11.6 Å². The van der Waals surface area contributed by atoms with Crippen LogP contribution in [0, 0.1) is 0 Å². The minimum Gasteiger partial charge on any atom is -0.495 e. The highest BCUT2D eigenvalue weighted by Gasteiger charge is 2.15. The molecule has 15 heavy (non-hydrogen) atoms. The van der Waals surface area contributed by atoms with Gasteiger partial charge in [0.05, 0.1) is 18.7 Å². The maximum Gasteiger partial charge on any atom is 0.137 e. The van der Waals surface area contributed by atoms with Crippen molar-refractivity contribution in [2.45, 2.75) is 13.0 Å². The van der Waals surface area contributed by atoms with Crippen molar-refractivity contribution < 1.29 is 4.74 Å². The monoisotopic (exact) mass is 224 g/mol. The highest BCUT2D eigenvalue weighted by atomic mass is 35.5. The smallest absolute Gasteiger partial charge is 0.137 e. The first-order valence-electron chi connectivity index (χ1n) is 4.85. The second kappa shape index (κ2) is 4.11. The molecule has 1 atom stereocenters. The fourth-order valence-corrected chi connectivity index (χ4v) is 1.80. The zero-order valence-electron chi connectivity index (χ0n) is 8.75. The number of hydrogen-bond donors (Lipinski definition) is 1. The van der Waals surface area contributed by atoms with E-state index in [-0.39, 0.29) is 0 Å². The van der Waals surface area contributed by atoms with Crippen LogP contribution in [0.25, 0.3) is 0 Å². The summed E-state index contributed by atoms with van der Waals surface area (Å²) in [5.41, 5.74) is 1.00. The summed E-state index contributed by atoms with van der Waals surface area (Å²) in [6.45, 7) is 2.92. The van der Waals surface area contributed by atoms with Gasteiger partial charge in [-0.15, -0.1) is 0 Å². The van der Waals surface area contributed by atoms with Gasteiger partial charge in [-0.2, -0.15) is 0 Å². The van der Waals surface area contributed by atoms with Crippen molar-refractivity contribution in [3.05, 3.63) is 28.8 Å². The van der Waals surface area contributed by atoms with Crippen LogP contribution in [0.5, 0.6) is 5.75 Å². The van der Waals surface area contributed by atoms with Crippen molar-refractivity contribution in [2.75, 3.05) is 13.7 Å². The summed E-state index contributed by atoms with van der Waals surface area (Å²) in [7, 11) is 1.61. The quantitative estimate of drug-likeness (QED) is 0.835. The fourth-order valence-electron chi connectivity index (χ4n) is 1.54. The van der Waals surface area contributed by atoms with Gasteiger partial charge in [-0.3, -0.25) is 4.99 Å². The van der Waals surface area contributed by atoms with Crippen LogP contribution in [0.1, 0.15) is 12.5 Å². The van der Waals surface area contributed by atoms with Crippen LogP contribution in [-0.4, -0.2) is 25.5 Å². The number of nitrogens with one attached hydrogen (secondary N) is 1. The third kappa shape index (κ3) is 2.07. The van der Waals surface area contributed by atoms with E-state index >= 15 is 0 Å². The molecule has 1 aliphatic heterocycles. The molecule has 0 bridgehead atoms. The number of hydrogen-bond acceptors (Lipinski definition) is 3. The van der Waals surface area contributed by atoms with Gasteiger partial charge in [-0.25, -0.2) is 0 Å². The van der Waals surface area contributed by atoms with Crippen LogP contribution in [-0.2, 0) is 0 Å². The number of ether oxygens (including phenoxy) is 1. The highest BCUT2D eigenvalue weighted by molar-refractivity contribution is 6.32. The third-order valence-corrected chi connectivity index (χ3v) is 2.63. The van der Waals surface area contributed by atoms with E-state index in [2.05, 4.69) is 17.2 Å². The van der Waals surface area contributed by atoms with Gasteiger partial charge in [0.2, 0.25) is 0 Å². The second-order valence-electron chi connectivity index (χ2n) is 3.58. The van der Waals surface area contributed by atoms with Crippen molar-refractivity contribution in [2.24, 2.45) is 4.99 Å². The Morgan fingerprint density at radius 2 is 2.33 bits per heavy atom. The first kappa shape index (κ1) is 10.3. The summed E-state index contributed by atoms with van der Waals surface area (Å²) in [5.74, 6) is 1.60. The van der Waals surface area contributed by atoms with E-state index in [0.29, 0.717) is 16.8 Å². The van der Waals surface area contributed by atoms with Crippen molar-refractivity contribution in [3.63, 3.8) is 0 Å². The molecule has 1 heterocycles. The molecule has 3 nitrogen and oxygen atoms in total. The Balaban J connectivity index is 2.27. The Hall–Kier alpha value is -1.22. The molecule has 0 saturated carbocycles. The van der Waals surface area contributed by atoms with E-state index in [1.807, 2.05) is 18.2 Å². The molecule has 0 aliphatic carbocycles. The van der Waals surface area contributed by atoms with Crippen molar-refractivity contribution in [1.29, 1.82) is 0 Å². The molecular weight excluding hydrogens is 212 g/mol. The fraction of sp³-hybridized carbons (Fsp3) is 0.364. The molecule has 0 aromatic heterocycles. The second-order valence-corrected chi connectivity index (χ2v) is 3.99. The maximum atomic E-state index is 6.04. The van der Waals surface area contributed by atoms with Gasteiger partial charge in [0, 0.05) is 11.6 Å². The molecule has 4 heteroatoms. The largest absolute Gasteiger partial charge is 0.495 e. The minimum absolute atomic E-state index is 0.404. The minimum atomic E-state index is 0.404. The molecule has 0 amide bonds. The van der Waals surface area contributed by atoms with Crippen LogP contribution in [0.3, 0.4) is 0 Å². The zero-order chi connectivity index (χ0) is 10.8. The molecule has 1 aliphatic rings. The Bertz CT molecular complexity index is 404. The number of methoxy groups -OCH3 is 1. The SMILES string of the molecule is COc1ccc(C2=NCC(C)N2)cc1Cl. The molecule has 1 N–H and O–H groups in total. The average Bonchev–Trinajstić information content (AvgIpc) is 2.65. The number of aliphatic imine (C=N–C) groups is 1. The van der Waals surface area contributed by atoms with Gasteiger partial charge in [-0.1, -0.05) is 11.6 Å². The van der Waals surface area contributed by atoms with E-state index in [0.717, 1.165) is 17.9 Å². The van der Waals surface area contributed by atoms with Crippen molar-refractivity contribution in [1.82, 2.24) is 5.32 Å². The van der Waals surface area contributed by atoms with Crippen LogP contribution < -0.4 is 10.1 Å². The Kier molecular flexibility index (Phi) is 2.82. The predicted molar refractivity (Wildman–Crippen MR) is 62.0 cm³/mol. The molecule has 1 aromatic carbocycles. The number of halogens is 1. The van der Waals surface area contributed by atoms with E-state index < -0.39 is 0 Å². The summed E-state index contributed by atoms with van der Waals surface area (Å²) in [5, 5.41) is 3.90. The van der Waals surface area contributed by atoms with Gasteiger partial charge in [0.15, 0.2) is 0 Å². The lowest BCUT2D eigenvalue weighted by Crippen LogP contribution is -2.27. The molecule has 0 spiro atoms. The first-order valence-corrected chi connectivity index (χ1v) is 5.23. The number of benzene rings is 1. The predicted octanol–water partition coefficient (Wildman–Crippen LogP) is 2.09. The highest BCUT2D eigenvalue weighted by Crippen LogP contribution is 2.25. The summed E-state index contributed by atoms with van der Waals surface area (Å²) < 4.78 is 5.09. The van der Waals surface area contributed by atoms with E-state index in [1.54, 1.807) is 7.11 Å². The molecule has 0 fully saturated rings. The summed E-state index contributed by atoms with van der Waals surface area (Å²) in [4.78, 5) is 4.39. The van der Waals surface area contributed by atoms with Gasteiger partial charge >= 0.3 is 0 Å². The first-order chi connectivity index (χ1) is 7.20. The lowest BCUT2D eigenvalue weighted by Gasteiger charge is -2.08. The molecule has 2 rings (SSSR count). The van der Waals surface area contributed by atoms with E-state index in [9.17, 15) is 0 Å². The maximum absolute atomic E-state index is 6.04. The Labute approximate surface area is 94.1 Å². The Morgan fingerprint density at radius 1 is 1.53 bits per heavy atom. The summed E-state index contributed by atoms with van der Waals surface area (Å²) >= 11 is 6.04. The zero-order valence-corrected chi connectivity index (χ0v) is 9.51. The Morgan fingerprint density at radius 3 is 2.87 bits per heavy atom. The van der Waals surface area contributed by atoms with Gasteiger partial charge in [0.25, 0.3) is 0 Å². The molecule has 0 radical (unpaired) electrons. The molecular formula is C11H13ClN2O. The van der Waals surface area contributed by atoms with Crippen LogP contribution in [0.15, 0.2) is 23.2 Å². The van der Waals surface area contributed by atoms with Crippen molar-refractivity contribution in [3.8, 4) is 5.75 Å². The summed E-state index contributed by atoms with van der Waals surface area (Å²) in [6.07, 6.45) is 0. The average molecular weight is 225 g/mol. The summed E-state index contributed by atoms with van der Waals surface area (Å²) in [6, 6.07) is 6.07. The lowest BCUT2D eigenvalue weighted by molar-refractivity contribution is 0.415. The molecule has 80 valence electrons. The van der Waals surface area contributed by atoms with Gasteiger partial charge < -0.3 is 10.1 Å². The molecule has 1 unspecified atom stereocenters. The van der Waals surface area contributed by atoms with Crippen LogP contribution in [0.2, 0.25) is 5.02 Å². The number of amidine groups is 1. The molecule has 1 aromatic rings. The lowest BCUT2D eigenvalue weighted by atomic mass is 10.2. The van der Waals surface area contributed by atoms with Crippen LogP contribution in [0.4, 0.5) is 0 Å². The van der Waals surface area contributed by atoms with Gasteiger partial charge in [0.1, 0.15) is 11.6 Å².